The van der Waals surface area contributed by atoms with Crippen LogP contribution in [-0.4, -0.2) is 15.7 Å². The molecule has 1 fully saturated rings. The highest BCUT2D eigenvalue weighted by Crippen LogP contribution is 2.39. The number of hydrogen-bond donors (Lipinski definition) is 0. The van der Waals surface area contributed by atoms with Crippen LogP contribution in [-0.2, 0) is 0 Å². The van der Waals surface area contributed by atoms with Gasteiger partial charge in [0, 0.05) is 12.0 Å². The van der Waals surface area contributed by atoms with E-state index in [0.717, 1.165) is 24.2 Å². The summed E-state index contributed by atoms with van der Waals surface area (Å²) in [7, 11) is 0. The summed E-state index contributed by atoms with van der Waals surface area (Å²) in [6, 6.07) is 16.7. The molecule has 3 aromatic rings. The monoisotopic (exact) mass is 322 g/mol. The third-order valence-corrected chi connectivity index (χ3v) is 3.94. The Kier molecular flexibility index (Phi) is 3.61. The second-order valence-corrected chi connectivity index (χ2v) is 5.82. The van der Waals surface area contributed by atoms with Gasteiger partial charge in [-0.25, -0.2) is 13.9 Å². The fourth-order valence-corrected chi connectivity index (χ4v) is 2.58. The summed E-state index contributed by atoms with van der Waals surface area (Å²) < 4.78 is 20.2. The number of benzene rings is 2. The topological polar surface area (TPSA) is 44.1 Å². The molecule has 0 atom stereocenters. The number of carbonyl (C=O) groups is 1. The van der Waals surface area contributed by atoms with E-state index >= 15 is 0 Å². The summed E-state index contributed by atoms with van der Waals surface area (Å²) in [6.45, 7) is 0. The molecule has 1 aliphatic rings. The molecule has 24 heavy (non-hydrogen) atoms. The number of esters is 1. The van der Waals surface area contributed by atoms with Gasteiger partial charge in [0.15, 0.2) is 5.69 Å². The van der Waals surface area contributed by atoms with Crippen LogP contribution in [0.5, 0.6) is 5.75 Å². The van der Waals surface area contributed by atoms with Crippen LogP contribution in [0.4, 0.5) is 4.39 Å². The smallest absolute Gasteiger partial charge is 0.362 e. The minimum absolute atomic E-state index is 0.175. The molecule has 5 heteroatoms. The zero-order valence-corrected chi connectivity index (χ0v) is 12.9. The normalized spacial score (nSPS) is 13.7. The lowest BCUT2D eigenvalue weighted by Crippen LogP contribution is -2.14. The number of halogens is 1. The van der Waals surface area contributed by atoms with E-state index in [-0.39, 0.29) is 5.75 Å². The first-order valence-electron chi connectivity index (χ1n) is 7.84. The van der Waals surface area contributed by atoms with E-state index < -0.39 is 11.8 Å². The van der Waals surface area contributed by atoms with Gasteiger partial charge in [-0.2, -0.15) is 5.10 Å². The van der Waals surface area contributed by atoms with Crippen LogP contribution in [0.2, 0.25) is 0 Å². The molecular weight excluding hydrogens is 307 g/mol. The fourth-order valence-electron chi connectivity index (χ4n) is 2.58. The Labute approximate surface area is 138 Å². The van der Waals surface area contributed by atoms with Crippen LogP contribution in [0.3, 0.4) is 0 Å². The van der Waals surface area contributed by atoms with E-state index in [2.05, 4.69) is 5.10 Å². The molecule has 1 heterocycles. The number of rotatable bonds is 4. The maximum atomic E-state index is 13.3. The molecule has 1 saturated carbocycles. The SMILES string of the molecule is O=C(Oc1cccc(F)c1)c1cc(C2CC2)nn1-c1ccccc1. The van der Waals surface area contributed by atoms with Crippen molar-refractivity contribution in [1.29, 1.82) is 0 Å². The lowest BCUT2D eigenvalue weighted by Gasteiger charge is -2.07. The summed E-state index contributed by atoms with van der Waals surface area (Å²) in [5.41, 5.74) is 2.02. The third kappa shape index (κ3) is 2.93. The van der Waals surface area contributed by atoms with Gasteiger partial charge in [0.2, 0.25) is 0 Å². The van der Waals surface area contributed by atoms with Crippen molar-refractivity contribution in [1.82, 2.24) is 9.78 Å². The molecule has 4 nitrogen and oxygen atoms in total. The quantitative estimate of drug-likeness (QED) is 0.536. The van der Waals surface area contributed by atoms with Crippen molar-refractivity contribution in [2.45, 2.75) is 18.8 Å². The molecule has 0 radical (unpaired) electrons. The average Bonchev–Trinajstić information content (AvgIpc) is 3.34. The van der Waals surface area contributed by atoms with Gasteiger partial charge in [-0.1, -0.05) is 24.3 Å². The Bertz CT molecular complexity index is 885. The highest BCUT2D eigenvalue weighted by atomic mass is 19.1. The fraction of sp³-hybridized carbons (Fsp3) is 0.158. The minimum atomic E-state index is -0.552. The Morgan fingerprint density at radius 3 is 2.58 bits per heavy atom. The number of carbonyl (C=O) groups excluding carboxylic acids is 1. The second-order valence-electron chi connectivity index (χ2n) is 5.82. The van der Waals surface area contributed by atoms with Crippen molar-refractivity contribution in [2.24, 2.45) is 0 Å². The maximum Gasteiger partial charge on any atom is 0.362 e. The van der Waals surface area contributed by atoms with Gasteiger partial charge in [-0.15, -0.1) is 0 Å². The molecule has 0 unspecified atom stereocenters. The molecule has 0 saturated heterocycles. The van der Waals surface area contributed by atoms with Gasteiger partial charge in [0.05, 0.1) is 11.4 Å². The summed E-state index contributed by atoms with van der Waals surface area (Å²) in [4.78, 5) is 12.6. The van der Waals surface area contributed by atoms with Crippen LogP contribution in [0.1, 0.15) is 34.9 Å². The van der Waals surface area contributed by atoms with E-state index in [4.69, 9.17) is 4.74 Å². The van der Waals surface area contributed by atoms with E-state index in [1.165, 1.54) is 18.2 Å². The Morgan fingerprint density at radius 1 is 1.08 bits per heavy atom. The van der Waals surface area contributed by atoms with Gasteiger partial charge in [0.1, 0.15) is 11.6 Å². The molecule has 0 bridgehead atoms. The Balaban J connectivity index is 1.69. The van der Waals surface area contributed by atoms with E-state index in [1.807, 2.05) is 30.3 Å². The Hall–Kier alpha value is -2.95. The van der Waals surface area contributed by atoms with Crippen molar-refractivity contribution in [3.63, 3.8) is 0 Å². The molecule has 0 spiro atoms. The van der Waals surface area contributed by atoms with Gasteiger partial charge >= 0.3 is 5.97 Å². The van der Waals surface area contributed by atoms with Gasteiger partial charge in [-0.3, -0.25) is 0 Å². The number of aromatic nitrogens is 2. The van der Waals surface area contributed by atoms with Crippen LogP contribution in [0, 0.1) is 5.82 Å². The van der Waals surface area contributed by atoms with Crippen LogP contribution in [0.15, 0.2) is 60.7 Å². The lowest BCUT2D eigenvalue weighted by atomic mass is 10.2. The maximum absolute atomic E-state index is 13.3. The zero-order chi connectivity index (χ0) is 16.5. The van der Waals surface area contributed by atoms with Gasteiger partial charge in [0.25, 0.3) is 0 Å². The number of ether oxygens (including phenoxy) is 1. The first kappa shape index (κ1) is 14.6. The predicted molar refractivity (Wildman–Crippen MR) is 86.9 cm³/mol. The first-order chi connectivity index (χ1) is 11.7. The van der Waals surface area contributed by atoms with Crippen molar-refractivity contribution in [2.75, 3.05) is 0 Å². The lowest BCUT2D eigenvalue weighted by molar-refractivity contribution is 0.0725. The minimum Gasteiger partial charge on any atom is -0.422 e. The highest BCUT2D eigenvalue weighted by Gasteiger charge is 2.29. The van der Waals surface area contributed by atoms with Crippen molar-refractivity contribution in [3.8, 4) is 11.4 Å². The van der Waals surface area contributed by atoms with Gasteiger partial charge in [-0.05, 0) is 43.2 Å². The van der Waals surface area contributed by atoms with Crippen LogP contribution < -0.4 is 4.74 Å². The van der Waals surface area contributed by atoms with E-state index in [0.29, 0.717) is 11.6 Å². The van der Waals surface area contributed by atoms with Crippen molar-refractivity contribution >= 4 is 5.97 Å². The average molecular weight is 322 g/mol. The van der Waals surface area contributed by atoms with Crippen molar-refractivity contribution in [3.05, 3.63) is 77.9 Å². The molecule has 0 N–H and O–H groups in total. The van der Waals surface area contributed by atoms with Crippen molar-refractivity contribution < 1.29 is 13.9 Å². The predicted octanol–water partition coefficient (Wildman–Crippen LogP) is 4.11. The molecule has 1 aliphatic carbocycles. The van der Waals surface area contributed by atoms with E-state index in [1.54, 1.807) is 16.8 Å². The molecule has 4 rings (SSSR count). The van der Waals surface area contributed by atoms with Crippen LogP contribution >= 0.6 is 0 Å². The molecular formula is C19H15FN2O2. The molecule has 0 amide bonds. The summed E-state index contributed by atoms with van der Waals surface area (Å²) in [5, 5.41) is 4.56. The summed E-state index contributed by atoms with van der Waals surface area (Å²) in [5.74, 6) is -0.413. The first-order valence-corrected chi connectivity index (χ1v) is 7.84. The summed E-state index contributed by atoms with van der Waals surface area (Å²) in [6.07, 6.45) is 2.17. The number of hydrogen-bond acceptors (Lipinski definition) is 3. The second kappa shape index (κ2) is 5.92. The number of nitrogens with zero attached hydrogens (tertiary/aromatic N) is 2. The standard InChI is InChI=1S/C19H15FN2O2/c20-14-5-4-8-16(11-14)24-19(23)18-12-17(13-9-10-13)21-22(18)15-6-2-1-3-7-15/h1-8,11-13H,9-10H2. The molecule has 0 aliphatic heterocycles. The highest BCUT2D eigenvalue weighted by molar-refractivity contribution is 5.90. The molecule has 2 aromatic carbocycles. The van der Waals surface area contributed by atoms with Crippen LogP contribution in [0.25, 0.3) is 5.69 Å². The van der Waals surface area contributed by atoms with Gasteiger partial charge < -0.3 is 4.74 Å². The number of para-hydroxylation sites is 1. The molecule has 120 valence electrons. The molecule has 1 aromatic heterocycles. The zero-order valence-electron chi connectivity index (χ0n) is 12.9. The summed E-state index contributed by atoms with van der Waals surface area (Å²) >= 11 is 0. The Morgan fingerprint density at radius 2 is 1.88 bits per heavy atom. The largest absolute Gasteiger partial charge is 0.422 e. The van der Waals surface area contributed by atoms with E-state index in [9.17, 15) is 9.18 Å². The third-order valence-electron chi connectivity index (χ3n) is 3.94.